The van der Waals surface area contributed by atoms with Gasteiger partial charge in [0.05, 0.1) is 10.6 Å². The van der Waals surface area contributed by atoms with Gasteiger partial charge in [-0.15, -0.1) is 0 Å². The summed E-state index contributed by atoms with van der Waals surface area (Å²) in [7, 11) is -4.11. The van der Waals surface area contributed by atoms with Gasteiger partial charge in [0.15, 0.2) is 0 Å². The summed E-state index contributed by atoms with van der Waals surface area (Å²) in [6, 6.07) is 21.3. The Bertz CT molecular complexity index is 1380. The number of sulfonamides is 1. The average Bonchev–Trinajstić information content (AvgIpc) is 2.95. The predicted octanol–water partition coefficient (Wildman–Crippen LogP) is 5.43. The Morgan fingerprint density at radius 2 is 1.46 bits per heavy atom. The summed E-state index contributed by atoms with van der Waals surface area (Å²) in [5.41, 5.74) is 1.86. The minimum absolute atomic E-state index is 0.0439. The second kappa shape index (κ2) is 13.6. The second-order valence-electron chi connectivity index (χ2n) is 9.41. The molecule has 2 atom stereocenters. The zero-order chi connectivity index (χ0) is 28.6. The molecule has 0 fully saturated rings. The van der Waals surface area contributed by atoms with E-state index in [1.54, 1.807) is 61.5 Å². The third-order valence-electron chi connectivity index (χ3n) is 6.72. The number of anilines is 1. The van der Waals surface area contributed by atoms with E-state index in [2.05, 4.69) is 5.32 Å². The zero-order valence-electron chi connectivity index (χ0n) is 22.8. The number of benzene rings is 3. The smallest absolute Gasteiger partial charge is 0.264 e. The summed E-state index contributed by atoms with van der Waals surface area (Å²) in [4.78, 5) is 28.6. The maximum Gasteiger partial charge on any atom is 0.264 e. The van der Waals surface area contributed by atoms with Gasteiger partial charge in [-0.25, -0.2) is 8.42 Å². The van der Waals surface area contributed by atoms with E-state index >= 15 is 0 Å². The molecule has 0 heterocycles. The lowest BCUT2D eigenvalue weighted by molar-refractivity contribution is -0.139. The van der Waals surface area contributed by atoms with Crippen LogP contribution >= 0.6 is 11.6 Å². The lowest BCUT2D eigenvalue weighted by atomic mass is 10.1. The predicted molar refractivity (Wildman–Crippen MR) is 156 cm³/mol. The topological polar surface area (TPSA) is 86.8 Å². The monoisotopic (exact) mass is 569 g/mol. The zero-order valence-corrected chi connectivity index (χ0v) is 24.4. The van der Waals surface area contributed by atoms with Crippen molar-refractivity contribution in [1.82, 2.24) is 10.2 Å². The molecule has 208 valence electrons. The molecule has 9 heteroatoms. The summed E-state index contributed by atoms with van der Waals surface area (Å²) >= 11 is 6.41. The van der Waals surface area contributed by atoms with Gasteiger partial charge in [0.1, 0.15) is 12.6 Å². The van der Waals surface area contributed by atoms with E-state index in [4.69, 9.17) is 11.6 Å². The van der Waals surface area contributed by atoms with E-state index in [0.29, 0.717) is 22.7 Å². The number of nitrogens with zero attached hydrogens (tertiary/aromatic N) is 2. The Kier molecular flexibility index (Phi) is 10.5. The van der Waals surface area contributed by atoms with Gasteiger partial charge in [-0.2, -0.15) is 0 Å². The van der Waals surface area contributed by atoms with Crippen molar-refractivity contribution in [2.24, 2.45) is 0 Å². The third kappa shape index (κ3) is 7.40. The fraction of sp³-hybridized carbons (Fsp3) is 0.333. The summed E-state index contributed by atoms with van der Waals surface area (Å²) in [5.74, 6) is -0.844. The van der Waals surface area contributed by atoms with Gasteiger partial charge >= 0.3 is 0 Å². The van der Waals surface area contributed by atoms with E-state index in [9.17, 15) is 18.0 Å². The average molecular weight is 570 g/mol. The van der Waals surface area contributed by atoms with Crippen molar-refractivity contribution < 1.29 is 18.0 Å². The first-order valence-corrected chi connectivity index (χ1v) is 14.9. The molecule has 3 aromatic rings. The number of hydrogen-bond acceptors (Lipinski definition) is 4. The van der Waals surface area contributed by atoms with Gasteiger partial charge in [-0.1, -0.05) is 80.0 Å². The number of carbonyl (C=O) groups is 2. The second-order valence-corrected chi connectivity index (χ2v) is 11.7. The first kappa shape index (κ1) is 30.2. The lowest BCUT2D eigenvalue weighted by Crippen LogP contribution is -2.52. The van der Waals surface area contributed by atoms with Crippen LogP contribution in [0, 0.1) is 0 Å². The van der Waals surface area contributed by atoms with Crippen LogP contribution in [0.15, 0.2) is 83.8 Å². The van der Waals surface area contributed by atoms with E-state index in [1.165, 1.54) is 17.0 Å². The van der Waals surface area contributed by atoms with Gasteiger partial charge in [-0.3, -0.25) is 13.9 Å². The van der Waals surface area contributed by atoms with Crippen molar-refractivity contribution in [2.75, 3.05) is 10.8 Å². The molecule has 0 aromatic heterocycles. The van der Waals surface area contributed by atoms with Gasteiger partial charge in [0.25, 0.3) is 10.0 Å². The summed E-state index contributed by atoms with van der Waals surface area (Å²) in [6.45, 7) is 6.98. The molecule has 0 bridgehead atoms. The van der Waals surface area contributed by atoms with Crippen LogP contribution in [0.1, 0.15) is 45.2 Å². The van der Waals surface area contributed by atoms with Gasteiger partial charge in [-0.05, 0) is 62.1 Å². The summed E-state index contributed by atoms with van der Waals surface area (Å²) in [5, 5.41) is 3.38. The highest BCUT2D eigenvalue weighted by atomic mass is 35.5. The quantitative estimate of drug-likeness (QED) is 0.315. The molecule has 0 saturated heterocycles. The van der Waals surface area contributed by atoms with Crippen LogP contribution in [-0.2, 0) is 32.6 Å². The molecule has 1 N–H and O–H groups in total. The van der Waals surface area contributed by atoms with Crippen LogP contribution in [0.25, 0.3) is 0 Å². The van der Waals surface area contributed by atoms with E-state index in [1.807, 2.05) is 32.9 Å². The van der Waals surface area contributed by atoms with Gasteiger partial charge < -0.3 is 10.2 Å². The standard InChI is InChI=1S/C30H36ClN3O4S/c1-5-22(3)32-30(36)23(4)33(20-25-15-10-12-18-27(25)31)29(35)21-34(28-19-13-11-14-24(28)6-2)39(37,38)26-16-8-7-9-17-26/h7-19,22-23H,5-6,20-21H2,1-4H3,(H,32,36). The Balaban J connectivity index is 2.06. The van der Waals surface area contributed by atoms with Crippen LogP contribution in [0.3, 0.4) is 0 Å². The molecule has 2 amide bonds. The van der Waals surface area contributed by atoms with Gasteiger partial charge in [0, 0.05) is 17.6 Å². The molecule has 0 aliphatic carbocycles. The highest BCUT2D eigenvalue weighted by Gasteiger charge is 2.33. The molecule has 3 rings (SSSR count). The molecule has 0 saturated carbocycles. The maximum atomic E-state index is 14.0. The molecule has 0 spiro atoms. The van der Waals surface area contributed by atoms with Crippen LogP contribution in [0.5, 0.6) is 0 Å². The van der Waals surface area contributed by atoms with Crippen LogP contribution in [0.2, 0.25) is 5.02 Å². The highest BCUT2D eigenvalue weighted by Crippen LogP contribution is 2.28. The first-order valence-electron chi connectivity index (χ1n) is 13.1. The molecular formula is C30H36ClN3O4S. The van der Waals surface area contributed by atoms with E-state index in [-0.39, 0.29) is 23.4 Å². The molecule has 0 aliphatic rings. The van der Waals surface area contributed by atoms with Gasteiger partial charge in [0.2, 0.25) is 11.8 Å². The normalized spacial score (nSPS) is 12.8. The SMILES string of the molecule is CCc1ccccc1N(CC(=O)N(Cc1ccccc1Cl)C(C)C(=O)NC(C)CC)S(=O)(=O)c1ccccc1. The molecule has 0 aliphatic heterocycles. The molecule has 0 radical (unpaired) electrons. The minimum Gasteiger partial charge on any atom is -0.352 e. The van der Waals surface area contributed by atoms with Crippen molar-refractivity contribution in [3.63, 3.8) is 0 Å². The van der Waals surface area contributed by atoms with Crippen molar-refractivity contribution in [1.29, 1.82) is 0 Å². The Hall–Kier alpha value is -3.36. The maximum absolute atomic E-state index is 14.0. The third-order valence-corrected chi connectivity index (χ3v) is 8.86. The number of halogens is 1. The number of carbonyl (C=O) groups excluding carboxylic acids is 2. The fourth-order valence-corrected chi connectivity index (χ4v) is 5.81. The summed E-state index contributed by atoms with van der Waals surface area (Å²) < 4.78 is 29.0. The van der Waals surface area contributed by atoms with Crippen molar-refractivity contribution in [3.05, 3.63) is 95.0 Å². The van der Waals surface area contributed by atoms with Crippen molar-refractivity contribution >= 4 is 39.1 Å². The van der Waals surface area contributed by atoms with Crippen LogP contribution < -0.4 is 9.62 Å². The highest BCUT2D eigenvalue weighted by molar-refractivity contribution is 7.92. The van der Waals surface area contributed by atoms with Crippen molar-refractivity contribution in [3.8, 4) is 0 Å². The van der Waals surface area contributed by atoms with Crippen molar-refractivity contribution in [2.45, 2.75) is 64.1 Å². The fourth-order valence-electron chi connectivity index (χ4n) is 4.14. The molecular weight excluding hydrogens is 534 g/mol. The number of rotatable bonds is 12. The Morgan fingerprint density at radius 3 is 2.08 bits per heavy atom. The lowest BCUT2D eigenvalue weighted by Gasteiger charge is -2.33. The van der Waals surface area contributed by atoms with E-state index < -0.39 is 28.5 Å². The number of hydrogen-bond donors (Lipinski definition) is 1. The van der Waals surface area contributed by atoms with E-state index in [0.717, 1.165) is 16.3 Å². The number of nitrogens with one attached hydrogen (secondary N) is 1. The van der Waals surface area contributed by atoms with Crippen LogP contribution in [-0.4, -0.2) is 43.8 Å². The largest absolute Gasteiger partial charge is 0.352 e. The number of amides is 2. The molecule has 2 unspecified atom stereocenters. The first-order chi connectivity index (χ1) is 18.6. The number of aryl methyl sites for hydroxylation is 1. The molecule has 3 aromatic carbocycles. The molecule has 7 nitrogen and oxygen atoms in total. The summed E-state index contributed by atoms with van der Waals surface area (Å²) in [6.07, 6.45) is 1.30. The van der Waals surface area contributed by atoms with Crippen LogP contribution in [0.4, 0.5) is 5.69 Å². The Morgan fingerprint density at radius 1 is 0.872 bits per heavy atom. The molecule has 39 heavy (non-hydrogen) atoms. The number of para-hydroxylation sites is 1. The Labute approximate surface area is 236 Å². The minimum atomic E-state index is -4.11.